The van der Waals surface area contributed by atoms with Crippen LogP contribution in [-0.2, 0) is 28.7 Å². The van der Waals surface area contributed by atoms with Crippen molar-refractivity contribution in [1.29, 1.82) is 10.5 Å². The zero-order chi connectivity index (χ0) is 40.2. The fraction of sp³-hybridized carbons (Fsp3) is 0.667. The molecule has 0 aromatic carbocycles. The molecule has 0 saturated carbocycles. The van der Waals surface area contributed by atoms with Gasteiger partial charge in [-0.1, -0.05) is 103 Å². The van der Waals surface area contributed by atoms with E-state index in [9.17, 15) is 24.9 Å². The SMILES string of the molecule is CCCCCCCCCCCCCCCCCCOC[C@H](COP(=O)(O)OC[C@H]1O[C@@](C#N)(c2ccc3c(N)ncnn23)[C@H](O)[C@@H]1O)Nc1ccc(C#N)cn1. The zero-order valence-corrected chi connectivity index (χ0v) is 33.4. The summed E-state index contributed by atoms with van der Waals surface area (Å²) in [7, 11) is -4.75. The van der Waals surface area contributed by atoms with Gasteiger partial charge in [-0.2, -0.15) is 15.6 Å². The normalized spacial score (nSPS) is 21.1. The van der Waals surface area contributed by atoms with Crippen LogP contribution in [0.3, 0.4) is 0 Å². The van der Waals surface area contributed by atoms with Crippen molar-refractivity contribution in [3.8, 4) is 12.1 Å². The van der Waals surface area contributed by atoms with E-state index in [1.165, 1.54) is 113 Å². The Morgan fingerprint density at radius 1 is 0.929 bits per heavy atom. The van der Waals surface area contributed by atoms with E-state index in [1.807, 2.05) is 12.1 Å². The van der Waals surface area contributed by atoms with E-state index in [1.54, 1.807) is 12.1 Å². The predicted molar refractivity (Wildman–Crippen MR) is 210 cm³/mol. The summed E-state index contributed by atoms with van der Waals surface area (Å²) in [5.41, 5.74) is 4.60. The molecule has 0 bridgehead atoms. The summed E-state index contributed by atoms with van der Waals surface area (Å²) in [4.78, 5) is 18.7. The standard InChI is InChI=1S/C39H59N8O8P/c1-2-3-4-5-6-7-8-9-10-11-12-13-14-15-16-17-22-52-25-31(46-35-21-18-30(23-40)24-43-35)26-53-56(50,51)54-27-33-36(48)37(49)39(28-41,55-33)34-20-19-32-38(42)44-29-45-47(32)34/h18-21,24,29,31,33,36-37,48-49H,2-17,22,25-27H2,1H3,(H,43,46)(H,50,51)(H2,42,44,45)/t31-,33-,36-,37-,39+/m1/s1. The molecule has 0 aliphatic carbocycles. The number of phosphoric ester groups is 1. The van der Waals surface area contributed by atoms with Gasteiger partial charge in [-0.15, -0.1) is 0 Å². The van der Waals surface area contributed by atoms with Crippen molar-refractivity contribution in [3.05, 3.63) is 48.0 Å². The Balaban J connectivity index is 1.18. The number of pyridine rings is 1. The van der Waals surface area contributed by atoms with E-state index in [4.69, 9.17) is 29.5 Å². The first-order valence-corrected chi connectivity index (χ1v) is 21.5. The number of hydrogen-bond donors (Lipinski definition) is 5. The van der Waals surface area contributed by atoms with Crippen molar-refractivity contribution in [2.45, 2.75) is 140 Å². The number of unbranched alkanes of at least 4 members (excludes halogenated alkanes) is 15. The van der Waals surface area contributed by atoms with Crippen LogP contribution in [0.2, 0.25) is 0 Å². The highest BCUT2D eigenvalue weighted by atomic mass is 31.2. The number of fused-ring (bicyclic) bond motifs is 1. The van der Waals surface area contributed by atoms with Crippen LogP contribution in [0.15, 0.2) is 36.8 Å². The van der Waals surface area contributed by atoms with E-state index >= 15 is 0 Å². The molecule has 56 heavy (non-hydrogen) atoms. The molecule has 308 valence electrons. The van der Waals surface area contributed by atoms with Crippen LogP contribution >= 0.6 is 7.82 Å². The van der Waals surface area contributed by atoms with Crippen LogP contribution in [0.1, 0.15) is 121 Å². The summed E-state index contributed by atoms with van der Waals surface area (Å²) in [6, 6.07) is 9.49. The van der Waals surface area contributed by atoms with Crippen molar-refractivity contribution < 1.29 is 38.2 Å². The number of nitrogens with one attached hydrogen (secondary N) is 1. The lowest BCUT2D eigenvalue weighted by Crippen LogP contribution is -2.41. The van der Waals surface area contributed by atoms with Gasteiger partial charge in [0, 0.05) is 12.8 Å². The summed E-state index contributed by atoms with van der Waals surface area (Å²) in [6.07, 6.45) is 18.1. The lowest BCUT2D eigenvalue weighted by atomic mass is 9.92. The number of phosphoric acid groups is 1. The van der Waals surface area contributed by atoms with Crippen LogP contribution in [0.5, 0.6) is 0 Å². The number of hydrogen-bond acceptors (Lipinski definition) is 14. The minimum absolute atomic E-state index is 0.0755. The maximum absolute atomic E-state index is 13.0. The molecular formula is C39H59N8O8P. The average Bonchev–Trinajstić information content (AvgIpc) is 3.75. The maximum atomic E-state index is 13.0. The second-order valence-corrected chi connectivity index (χ2v) is 15.9. The van der Waals surface area contributed by atoms with Crippen molar-refractivity contribution in [1.82, 2.24) is 19.6 Å². The number of nitriles is 2. The van der Waals surface area contributed by atoms with Crippen LogP contribution in [0.4, 0.5) is 11.6 Å². The van der Waals surface area contributed by atoms with E-state index in [2.05, 4.69) is 27.3 Å². The number of nitrogen functional groups attached to an aromatic ring is 1. The Kier molecular flexibility index (Phi) is 18.9. The molecule has 3 aromatic rings. The molecule has 0 spiro atoms. The molecule has 1 saturated heterocycles. The molecule has 1 aliphatic rings. The maximum Gasteiger partial charge on any atom is 0.472 e. The summed E-state index contributed by atoms with van der Waals surface area (Å²) in [6.45, 7) is 1.86. The Bertz CT molecular complexity index is 1730. The van der Waals surface area contributed by atoms with Gasteiger partial charge in [0.25, 0.3) is 0 Å². The molecule has 16 nitrogen and oxygen atoms in total. The number of anilines is 2. The Morgan fingerprint density at radius 2 is 1.57 bits per heavy atom. The molecular weight excluding hydrogens is 739 g/mol. The number of nitrogens with zero attached hydrogens (tertiary/aromatic N) is 6. The topological polar surface area (TPSA) is 243 Å². The number of aliphatic hydroxyl groups excluding tert-OH is 2. The predicted octanol–water partition coefficient (Wildman–Crippen LogP) is 6.31. The fourth-order valence-electron chi connectivity index (χ4n) is 6.80. The van der Waals surface area contributed by atoms with Crippen molar-refractivity contribution in [3.63, 3.8) is 0 Å². The van der Waals surface area contributed by atoms with Crippen molar-refractivity contribution >= 4 is 25.0 Å². The third-order valence-corrected chi connectivity index (χ3v) is 11.0. The third kappa shape index (κ3) is 13.5. The number of ether oxygens (including phenoxy) is 2. The number of nitrogens with two attached hydrogens (primary N) is 1. The van der Waals surface area contributed by atoms with Crippen molar-refractivity contribution in [2.75, 3.05) is 37.5 Å². The first kappa shape index (κ1) is 45.0. The van der Waals surface area contributed by atoms with E-state index < -0.39 is 44.4 Å². The Morgan fingerprint density at radius 3 is 2.16 bits per heavy atom. The van der Waals surface area contributed by atoms with Gasteiger partial charge in [0.15, 0.2) is 5.82 Å². The molecule has 0 amide bonds. The lowest BCUT2D eigenvalue weighted by Gasteiger charge is -2.24. The Labute approximate surface area is 330 Å². The monoisotopic (exact) mass is 798 g/mol. The molecule has 6 atom stereocenters. The first-order chi connectivity index (χ1) is 27.1. The summed E-state index contributed by atoms with van der Waals surface area (Å²) in [5.74, 6) is 0.533. The first-order valence-electron chi connectivity index (χ1n) is 20.0. The molecule has 1 aliphatic heterocycles. The van der Waals surface area contributed by atoms with E-state index in [0.29, 0.717) is 23.5 Å². The second-order valence-electron chi connectivity index (χ2n) is 14.4. The largest absolute Gasteiger partial charge is 0.472 e. The molecule has 4 heterocycles. The van der Waals surface area contributed by atoms with Crippen LogP contribution in [0.25, 0.3) is 5.52 Å². The smallest absolute Gasteiger partial charge is 0.387 e. The third-order valence-electron chi connectivity index (χ3n) is 10.0. The summed E-state index contributed by atoms with van der Waals surface area (Å²) in [5, 5.41) is 48.2. The number of rotatable bonds is 28. The van der Waals surface area contributed by atoms with Gasteiger partial charge in [0.1, 0.15) is 48.1 Å². The van der Waals surface area contributed by atoms with Gasteiger partial charge in [-0.25, -0.2) is 19.0 Å². The Hall–Kier alpha value is -3.70. The van der Waals surface area contributed by atoms with Gasteiger partial charge >= 0.3 is 7.82 Å². The van der Waals surface area contributed by atoms with Gasteiger partial charge < -0.3 is 35.6 Å². The minimum Gasteiger partial charge on any atom is -0.387 e. The number of aromatic nitrogens is 4. The molecule has 3 aromatic heterocycles. The molecule has 6 N–H and O–H groups in total. The summed E-state index contributed by atoms with van der Waals surface area (Å²) < 4.78 is 36.5. The van der Waals surface area contributed by atoms with E-state index in [0.717, 1.165) is 19.3 Å². The lowest BCUT2D eigenvalue weighted by molar-refractivity contribution is -0.0644. The average molecular weight is 799 g/mol. The quantitative estimate of drug-likeness (QED) is 0.0399. The van der Waals surface area contributed by atoms with Crippen LogP contribution in [-0.4, -0.2) is 85.5 Å². The molecule has 17 heteroatoms. The van der Waals surface area contributed by atoms with Gasteiger partial charge in [-0.3, -0.25) is 9.05 Å². The van der Waals surface area contributed by atoms with E-state index in [-0.39, 0.29) is 24.7 Å². The molecule has 1 unspecified atom stereocenters. The highest BCUT2D eigenvalue weighted by molar-refractivity contribution is 7.47. The highest BCUT2D eigenvalue weighted by Gasteiger charge is 2.58. The fourth-order valence-corrected chi connectivity index (χ4v) is 7.58. The second kappa shape index (κ2) is 23.5. The highest BCUT2D eigenvalue weighted by Crippen LogP contribution is 2.46. The molecule has 0 radical (unpaired) electrons. The van der Waals surface area contributed by atoms with Crippen LogP contribution < -0.4 is 11.1 Å². The van der Waals surface area contributed by atoms with Gasteiger partial charge in [-0.05, 0) is 30.7 Å². The van der Waals surface area contributed by atoms with Gasteiger partial charge in [0.2, 0.25) is 5.60 Å². The molecule has 4 rings (SSSR count). The number of aliphatic hydroxyl groups is 2. The van der Waals surface area contributed by atoms with Crippen LogP contribution in [0, 0.1) is 22.7 Å². The molecule has 1 fully saturated rings. The van der Waals surface area contributed by atoms with Gasteiger partial charge in [0.05, 0.1) is 37.1 Å². The minimum atomic E-state index is -4.75. The summed E-state index contributed by atoms with van der Waals surface area (Å²) >= 11 is 0. The zero-order valence-electron chi connectivity index (χ0n) is 32.5. The van der Waals surface area contributed by atoms with Crippen molar-refractivity contribution in [2.24, 2.45) is 0 Å².